The fourth-order valence-electron chi connectivity index (χ4n) is 1.15. The van der Waals surface area contributed by atoms with Gasteiger partial charge in [-0.3, -0.25) is 0 Å². The monoisotopic (exact) mass is 219 g/mol. The van der Waals surface area contributed by atoms with Gasteiger partial charge in [0.2, 0.25) is 0 Å². The van der Waals surface area contributed by atoms with Crippen molar-refractivity contribution in [1.29, 1.82) is 0 Å². The second-order valence-corrected chi connectivity index (χ2v) is 3.41. The van der Waals surface area contributed by atoms with Crippen molar-refractivity contribution in [3.8, 4) is 0 Å². The highest BCUT2D eigenvalue weighted by Crippen LogP contribution is 2.31. The third-order valence-electron chi connectivity index (χ3n) is 1.82. The Labute approximate surface area is 87.6 Å². The van der Waals surface area contributed by atoms with Crippen LogP contribution in [0.1, 0.15) is 11.7 Å². The summed E-state index contributed by atoms with van der Waals surface area (Å²) in [7, 11) is 1.58. The largest absolute Gasteiger partial charge is 0.375 e. The Hall–Kier alpha value is -0.280. The zero-order valence-corrected chi connectivity index (χ0v) is 8.77. The highest BCUT2D eigenvalue weighted by molar-refractivity contribution is 6.36. The molecule has 1 unspecified atom stereocenters. The Kier molecular flexibility index (Phi) is 4.00. The zero-order chi connectivity index (χ0) is 9.84. The molecule has 1 aromatic carbocycles. The molecule has 0 spiro atoms. The van der Waals surface area contributed by atoms with E-state index < -0.39 is 0 Å². The van der Waals surface area contributed by atoms with E-state index in [0.29, 0.717) is 16.6 Å². The van der Waals surface area contributed by atoms with Gasteiger partial charge in [-0.15, -0.1) is 0 Å². The van der Waals surface area contributed by atoms with Crippen molar-refractivity contribution in [3.63, 3.8) is 0 Å². The molecule has 2 nitrogen and oxygen atoms in total. The predicted octanol–water partition coefficient (Wildman–Crippen LogP) is 2.64. The van der Waals surface area contributed by atoms with Gasteiger partial charge < -0.3 is 10.5 Å². The first kappa shape index (κ1) is 10.8. The molecule has 0 bridgehead atoms. The minimum atomic E-state index is -0.235. The van der Waals surface area contributed by atoms with E-state index in [2.05, 4.69) is 0 Å². The summed E-state index contributed by atoms with van der Waals surface area (Å²) in [6.07, 6.45) is -0.235. The maximum Gasteiger partial charge on any atom is 0.0972 e. The third kappa shape index (κ3) is 2.35. The third-order valence-corrected chi connectivity index (χ3v) is 2.48. The van der Waals surface area contributed by atoms with E-state index >= 15 is 0 Å². The van der Waals surface area contributed by atoms with E-state index in [1.54, 1.807) is 25.3 Å². The van der Waals surface area contributed by atoms with Crippen molar-refractivity contribution in [3.05, 3.63) is 33.8 Å². The van der Waals surface area contributed by atoms with Gasteiger partial charge in [0.1, 0.15) is 0 Å². The van der Waals surface area contributed by atoms with Gasteiger partial charge in [-0.2, -0.15) is 0 Å². The number of nitrogens with two attached hydrogens (primary N) is 1. The number of methoxy groups -OCH3 is 1. The van der Waals surface area contributed by atoms with Crippen LogP contribution in [0, 0.1) is 0 Å². The molecule has 0 saturated heterocycles. The van der Waals surface area contributed by atoms with E-state index in [0.717, 1.165) is 5.56 Å². The number of benzene rings is 1. The molecule has 0 aromatic heterocycles. The Balaban J connectivity index is 3.10. The van der Waals surface area contributed by atoms with Crippen LogP contribution < -0.4 is 5.73 Å². The summed E-state index contributed by atoms with van der Waals surface area (Å²) < 4.78 is 5.15. The quantitative estimate of drug-likeness (QED) is 0.849. The molecule has 0 aliphatic heterocycles. The highest BCUT2D eigenvalue weighted by Gasteiger charge is 2.15. The molecule has 1 aromatic rings. The molecule has 0 amide bonds. The van der Waals surface area contributed by atoms with E-state index in [4.69, 9.17) is 33.7 Å². The van der Waals surface area contributed by atoms with Crippen LogP contribution in [0.2, 0.25) is 10.0 Å². The maximum absolute atomic E-state index is 5.96. The fourth-order valence-corrected chi connectivity index (χ4v) is 1.79. The van der Waals surface area contributed by atoms with Crippen LogP contribution in [-0.4, -0.2) is 13.7 Å². The Morgan fingerprint density at radius 3 is 2.31 bits per heavy atom. The molecule has 13 heavy (non-hydrogen) atoms. The zero-order valence-electron chi connectivity index (χ0n) is 7.26. The van der Waals surface area contributed by atoms with Crippen LogP contribution in [0.5, 0.6) is 0 Å². The lowest BCUT2D eigenvalue weighted by molar-refractivity contribution is 0.110. The van der Waals surface area contributed by atoms with Crippen LogP contribution in [0.15, 0.2) is 18.2 Å². The van der Waals surface area contributed by atoms with Gasteiger partial charge >= 0.3 is 0 Å². The van der Waals surface area contributed by atoms with E-state index in [1.165, 1.54) is 0 Å². The highest BCUT2D eigenvalue weighted by atomic mass is 35.5. The van der Waals surface area contributed by atoms with Gasteiger partial charge in [0.15, 0.2) is 0 Å². The number of ether oxygens (including phenoxy) is 1. The molecule has 0 aliphatic rings. The number of rotatable bonds is 3. The first-order chi connectivity index (χ1) is 6.20. The first-order valence-electron chi connectivity index (χ1n) is 3.87. The average molecular weight is 220 g/mol. The first-order valence-corrected chi connectivity index (χ1v) is 4.63. The summed E-state index contributed by atoms with van der Waals surface area (Å²) in [6.45, 7) is 0.361. The van der Waals surface area contributed by atoms with Crippen molar-refractivity contribution in [1.82, 2.24) is 0 Å². The van der Waals surface area contributed by atoms with Crippen LogP contribution in [0.3, 0.4) is 0 Å². The smallest absolute Gasteiger partial charge is 0.0972 e. The van der Waals surface area contributed by atoms with Crippen LogP contribution in [0.25, 0.3) is 0 Å². The molecule has 4 heteroatoms. The summed E-state index contributed by atoms with van der Waals surface area (Å²) in [4.78, 5) is 0. The topological polar surface area (TPSA) is 35.2 Å². The lowest BCUT2D eigenvalue weighted by Gasteiger charge is -2.16. The van der Waals surface area contributed by atoms with Crippen molar-refractivity contribution in [2.24, 2.45) is 5.73 Å². The lowest BCUT2D eigenvalue weighted by atomic mass is 10.1. The standard InChI is InChI=1S/C9H11Cl2NO/c1-13-8(5-12)9-6(10)3-2-4-7(9)11/h2-4,8H,5,12H2,1H3. The minimum absolute atomic E-state index is 0.235. The molecule has 1 rings (SSSR count). The molecule has 0 fully saturated rings. The molecule has 0 saturated carbocycles. The summed E-state index contributed by atoms with van der Waals surface area (Å²) >= 11 is 11.9. The van der Waals surface area contributed by atoms with Gasteiger partial charge in [0.25, 0.3) is 0 Å². The molecular formula is C9H11Cl2NO. The van der Waals surface area contributed by atoms with Gasteiger partial charge in [-0.25, -0.2) is 0 Å². The van der Waals surface area contributed by atoms with Crippen molar-refractivity contribution in [2.45, 2.75) is 6.10 Å². The Morgan fingerprint density at radius 1 is 1.38 bits per heavy atom. The normalized spacial score (nSPS) is 12.9. The van der Waals surface area contributed by atoms with Crippen molar-refractivity contribution >= 4 is 23.2 Å². The number of hydrogen-bond acceptors (Lipinski definition) is 2. The number of halogens is 2. The molecule has 0 heterocycles. The van der Waals surface area contributed by atoms with Gasteiger partial charge in [0.05, 0.1) is 6.10 Å². The fraction of sp³-hybridized carbons (Fsp3) is 0.333. The minimum Gasteiger partial charge on any atom is -0.375 e. The molecule has 0 radical (unpaired) electrons. The predicted molar refractivity (Wildman–Crippen MR) is 55.3 cm³/mol. The summed E-state index contributed by atoms with van der Waals surface area (Å²) in [6, 6.07) is 5.33. The summed E-state index contributed by atoms with van der Waals surface area (Å²) in [5, 5.41) is 1.18. The Bertz CT molecular complexity index is 267. The molecule has 72 valence electrons. The maximum atomic E-state index is 5.96. The SMILES string of the molecule is COC(CN)c1c(Cl)cccc1Cl. The summed E-state index contributed by atoms with van der Waals surface area (Å²) in [5.41, 5.74) is 6.27. The van der Waals surface area contributed by atoms with Crippen LogP contribution in [0.4, 0.5) is 0 Å². The number of hydrogen-bond donors (Lipinski definition) is 1. The van der Waals surface area contributed by atoms with Crippen molar-refractivity contribution < 1.29 is 4.74 Å². The Morgan fingerprint density at radius 2 is 1.92 bits per heavy atom. The van der Waals surface area contributed by atoms with E-state index in [9.17, 15) is 0 Å². The lowest BCUT2D eigenvalue weighted by Crippen LogP contribution is -2.15. The molecule has 1 atom stereocenters. The molecule has 2 N–H and O–H groups in total. The summed E-state index contributed by atoms with van der Waals surface area (Å²) in [5.74, 6) is 0. The average Bonchev–Trinajstić information content (AvgIpc) is 2.11. The molecule has 0 aliphatic carbocycles. The second kappa shape index (κ2) is 4.82. The van der Waals surface area contributed by atoms with E-state index in [-0.39, 0.29) is 6.10 Å². The van der Waals surface area contributed by atoms with Crippen molar-refractivity contribution in [2.75, 3.05) is 13.7 Å². The second-order valence-electron chi connectivity index (χ2n) is 2.60. The van der Waals surface area contributed by atoms with Gasteiger partial charge in [-0.05, 0) is 12.1 Å². The molecular weight excluding hydrogens is 209 g/mol. The van der Waals surface area contributed by atoms with Gasteiger partial charge in [-0.1, -0.05) is 29.3 Å². The van der Waals surface area contributed by atoms with Gasteiger partial charge in [0, 0.05) is 29.3 Å². The van der Waals surface area contributed by atoms with Crippen LogP contribution >= 0.6 is 23.2 Å². The van der Waals surface area contributed by atoms with E-state index in [1.807, 2.05) is 0 Å². The van der Waals surface area contributed by atoms with Crippen LogP contribution in [-0.2, 0) is 4.74 Å².